The molecule has 0 aromatic heterocycles. The molecule has 1 rings (SSSR count). The van der Waals surface area contributed by atoms with Gasteiger partial charge >= 0.3 is 6.36 Å². The van der Waals surface area contributed by atoms with E-state index in [0.29, 0.717) is 6.07 Å². The first kappa shape index (κ1) is 16.0. The molecule has 0 heterocycles. The van der Waals surface area contributed by atoms with Crippen molar-refractivity contribution >= 4 is 25.4 Å². The molecule has 1 aromatic carbocycles. The van der Waals surface area contributed by atoms with Gasteiger partial charge < -0.3 is 4.74 Å². The summed E-state index contributed by atoms with van der Waals surface area (Å²) in [5.41, 5.74) is -2.11. The molecule has 0 saturated heterocycles. The molecule has 0 aliphatic carbocycles. The molecule has 0 amide bonds. The van der Waals surface area contributed by atoms with Crippen molar-refractivity contribution in [1.82, 2.24) is 0 Å². The van der Waals surface area contributed by atoms with Crippen molar-refractivity contribution in [2.45, 2.75) is 11.3 Å². The number of benzene rings is 1. The molecular weight excluding hydrogens is 329 g/mol. The van der Waals surface area contributed by atoms with Crippen LogP contribution < -0.4 is 4.74 Å². The fourth-order valence-corrected chi connectivity index (χ4v) is 2.21. The Labute approximate surface area is 113 Å². The molecule has 0 atom stereocenters. The predicted molar refractivity (Wildman–Crippen MR) is 57.5 cm³/mol. The Kier molecular flexibility index (Phi) is 4.11. The quantitative estimate of drug-likeness (QED) is 0.477. The van der Waals surface area contributed by atoms with Gasteiger partial charge in [-0.3, -0.25) is 10.1 Å². The molecule has 0 spiro atoms. The van der Waals surface area contributed by atoms with Gasteiger partial charge in [-0.05, 0) is 0 Å². The zero-order valence-corrected chi connectivity index (χ0v) is 10.6. The predicted octanol–water partition coefficient (Wildman–Crippen LogP) is 2.29. The van der Waals surface area contributed by atoms with Gasteiger partial charge in [0.05, 0.1) is 11.0 Å². The number of hydrogen-bond acceptors (Lipinski definition) is 6. The zero-order chi connectivity index (χ0) is 15.7. The van der Waals surface area contributed by atoms with Gasteiger partial charge in [0.1, 0.15) is 16.5 Å². The van der Waals surface area contributed by atoms with Crippen LogP contribution in [0, 0.1) is 21.4 Å². The maximum absolute atomic E-state index is 12.1. The molecule has 1 aromatic rings. The van der Waals surface area contributed by atoms with Crippen LogP contribution in [0.3, 0.4) is 0 Å². The number of nitro groups is 1. The van der Waals surface area contributed by atoms with E-state index in [9.17, 15) is 31.7 Å². The van der Waals surface area contributed by atoms with Gasteiger partial charge in [-0.2, -0.15) is 5.26 Å². The maximum atomic E-state index is 12.1. The molecule has 7 nitrogen and oxygen atoms in total. The average molecular weight is 331 g/mol. The molecule has 0 unspecified atom stereocenters. The lowest BCUT2D eigenvalue weighted by molar-refractivity contribution is -0.385. The van der Waals surface area contributed by atoms with Crippen molar-refractivity contribution in [2.75, 3.05) is 0 Å². The van der Waals surface area contributed by atoms with Crippen molar-refractivity contribution in [1.29, 1.82) is 5.26 Å². The van der Waals surface area contributed by atoms with Crippen molar-refractivity contribution in [2.24, 2.45) is 0 Å². The largest absolute Gasteiger partial charge is 0.573 e. The summed E-state index contributed by atoms with van der Waals surface area (Å²) < 4.78 is 62.1. The first-order valence-electron chi connectivity index (χ1n) is 4.38. The van der Waals surface area contributed by atoms with Gasteiger partial charge in [-0.1, -0.05) is 0 Å². The molecule has 0 fully saturated rings. The number of hydrogen-bond donors (Lipinski definition) is 0. The normalized spacial score (nSPS) is 11.8. The summed E-state index contributed by atoms with van der Waals surface area (Å²) in [6.45, 7) is 0. The Morgan fingerprint density at radius 1 is 1.40 bits per heavy atom. The summed E-state index contributed by atoms with van der Waals surface area (Å²) in [7, 11) is 0.242. The minimum Gasteiger partial charge on any atom is -0.404 e. The van der Waals surface area contributed by atoms with Crippen LogP contribution in [0.25, 0.3) is 0 Å². The lowest BCUT2D eigenvalue weighted by Crippen LogP contribution is -2.18. The summed E-state index contributed by atoms with van der Waals surface area (Å²) in [4.78, 5) is 8.25. The van der Waals surface area contributed by atoms with Crippen molar-refractivity contribution in [3.05, 3.63) is 27.8 Å². The zero-order valence-electron chi connectivity index (χ0n) is 9.01. The highest BCUT2D eigenvalue weighted by Crippen LogP contribution is 2.35. The summed E-state index contributed by atoms with van der Waals surface area (Å²) in [5.74, 6) is -1.33. The lowest BCUT2D eigenvalue weighted by Gasteiger charge is -2.11. The van der Waals surface area contributed by atoms with E-state index in [2.05, 4.69) is 4.74 Å². The number of halogens is 4. The molecule has 0 N–H and O–H groups in total. The molecule has 0 radical (unpaired) electrons. The van der Waals surface area contributed by atoms with Crippen molar-refractivity contribution in [3.8, 4) is 11.8 Å². The van der Waals surface area contributed by atoms with E-state index in [4.69, 9.17) is 15.9 Å². The maximum Gasteiger partial charge on any atom is 0.573 e. The molecule has 0 aliphatic rings. The van der Waals surface area contributed by atoms with Crippen LogP contribution in [0.2, 0.25) is 0 Å². The number of alkyl halides is 3. The Morgan fingerprint density at radius 3 is 2.30 bits per heavy atom. The van der Waals surface area contributed by atoms with Gasteiger partial charge in [-0.25, -0.2) is 8.42 Å². The molecule has 0 saturated carbocycles. The number of nitro benzene ring substituents is 1. The number of nitriles is 1. The van der Waals surface area contributed by atoms with Crippen molar-refractivity contribution < 1.29 is 31.2 Å². The standard InChI is InChI=1S/C8H2ClF3N2O5S/c9-20(17,18)7-2-4(14(15)16)1-6(5(7)3-13)19-8(10,11)12/h1-2H. The number of rotatable bonds is 3. The highest BCUT2D eigenvalue weighted by Gasteiger charge is 2.35. The third kappa shape index (κ3) is 3.72. The lowest BCUT2D eigenvalue weighted by atomic mass is 10.2. The fourth-order valence-electron chi connectivity index (χ4n) is 1.19. The third-order valence-corrected chi connectivity index (χ3v) is 3.21. The molecule has 0 bridgehead atoms. The number of nitrogens with zero attached hydrogens (tertiary/aromatic N) is 2. The molecule has 12 heteroatoms. The average Bonchev–Trinajstić information content (AvgIpc) is 2.24. The van der Waals surface area contributed by atoms with E-state index < -0.39 is 42.2 Å². The van der Waals surface area contributed by atoms with E-state index in [-0.39, 0.29) is 6.07 Å². The van der Waals surface area contributed by atoms with Gasteiger partial charge in [0.2, 0.25) is 0 Å². The minimum absolute atomic E-state index is 0.275. The van der Waals surface area contributed by atoms with Crippen LogP contribution >= 0.6 is 10.7 Å². The molecule has 108 valence electrons. The van der Waals surface area contributed by atoms with E-state index in [0.717, 1.165) is 6.07 Å². The summed E-state index contributed by atoms with van der Waals surface area (Å²) in [5, 5.41) is 19.2. The smallest absolute Gasteiger partial charge is 0.404 e. The van der Waals surface area contributed by atoms with Crippen molar-refractivity contribution in [3.63, 3.8) is 0 Å². The summed E-state index contributed by atoms with van der Waals surface area (Å²) >= 11 is 0. The number of ether oxygens (including phenoxy) is 1. The van der Waals surface area contributed by atoms with Crippen LogP contribution in [-0.2, 0) is 9.05 Å². The van der Waals surface area contributed by atoms with E-state index in [1.807, 2.05) is 0 Å². The first-order valence-corrected chi connectivity index (χ1v) is 6.69. The fraction of sp³-hybridized carbons (Fsp3) is 0.125. The SMILES string of the molecule is N#Cc1c(OC(F)(F)F)cc([N+](=O)[O-])cc1S(=O)(=O)Cl. The Balaban J connectivity index is 3.70. The van der Waals surface area contributed by atoms with Crippen LogP contribution in [-0.4, -0.2) is 19.7 Å². The van der Waals surface area contributed by atoms with E-state index in [1.54, 1.807) is 0 Å². The summed E-state index contributed by atoms with van der Waals surface area (Å²) in [6, 6.07) is 1.79. The van der Waals surface area contributed by atoms with Gasteiger partial charge in [-0.15, -0.1) is 13.2 Å². The van der Waals surface area contributed by atoms with Crippen LogP contribution in [0.1, 0.15) is 5.56 Å². The van der Waals surface area contributed by atoms with E-state index in [1.165, 1.54) is 0 Å². The molecule has 0 aliphatic heterocycles. The molecular formula is C8H2ClF3N2O5S. The Hall–Kier alpha value is -2.06. The second-order valence-electron chi connectivity index (χ2n) is 3.17. The minimum atomic E-state index is -5.27. The third-order valence-electron chi connectivity index (χ3n) is 1.86. The monoisotopic (exact) mass is 330 g/mol. The van der Waals surface area contributed by atoms with Crippen LogP contribution in [0.4, 0.5) is 18.9 Å². The van der Waals surface area contributed by atoms with E-state index >= 15 is 0 Å². The first-order chi connectivity index (χ1) is 8.95. The second-order valence-corrected chi connectivity index (χ2v) is 5.71. The summed E-state index contributed by atoms with van der Waals surface area (Å²) in [6.07, 6.45) is -5.27. The van der Waals surface area contributed by atoms with Crippen LogP contribution in [0.15, 0.2) is 17.0 Å². The molecule has 20 heavy (non-hydrogen) atoms. The Bertz CT molecular complexity index is 710. The van der Waals surface area contributed by atoms with Gasteiger partial charge in [0.25, 0.3) is 14.7 Å². The van der Waals surface area contributed by atoms with Gasteiger partial charge in [0.15, 0.2) is 5.75 Å². The van der Waals surface area contributed by atoms with Crippen LogP contribution in [0.5, 0.6) is 5.75 Å². The topological polar surface area (TPSA) is 110 Å². The second kappa shape index (κ2) is 5.14. The highest BCUT2D eigenvalue weighted by molar-refractivity contribution is 8.13. The van der Waals surface area contributed by atoms with Gasteiger partial charge in [0, 0.05) is 16.7 Å². The highest BCUT2D eigenvalue weighted by atomic mass is 35.7. The number of non-ortho nitro benzene ring substituents is 1. The Morgan fingerprint density at radius 2 is 1.95 bits per heavy atom.